The molecule has 0 bridgehead atoms. The van der Waals surface area contributed by atoms with Crippen molar-refractivity contribution < 1.29 is 4.79 Å². The van der Waals surface area contributed by atoms with E-state index in [0.29, 0.717) is 17.4 Å². The molecule has 18 heavy (non-hydrogen) atoms. The first-order valence-corrected chi connectivity index (χ1v) is 7.31. The van der Waals surface area contributed by atoms with Gasteiger partial charge in [0.1, 0.15) is 5.70 Å². The van der Waals surface area contributed by atoms with Crippen LogP contribution in [0.4, 0.5) is 0 Å². The highest BCUT2D eigenvalue weighted by atomic mass is 32.1. The van der Waals surface area contributed by atoms with Crippen LogP contribution >= 0.6 is 23.6 Å². The van der Waals surface area contributed by atoms with E-state index in [1.807, 2.05) is 19.1 Å². The molecule has 0 aromatic carbocycles. The lowest BCUT2D eigenvalue weighted by Gasteiger charge is -2.11. The maximum Gasteiger partial charge on any atom is 0.276 e. The van der Waals surface area contributed by atoms with Gasteiger partial charge in [-0.2, -0.15) is 0 Å². The molecule has 1 fully saturated rings. The van der Waals surface area contributed by atoms with Crippen LogP contribution in [0.1, 0.15) is 30.0 Å². The molecule has 2 rings (SSSR count). The molecular formula is C13H16N2OS2. The second-order valence-electron chi connectivity index (χ2n) is 4.10. The summed E-state index contributed by atoms with van der Waals surface area (Å²) < 4.78 is 0. The molecule has 1 aliphatic rings. The molecule has 1 aliphatic heterocycles. The van der Waals surface area contributed by atoms with Gasteiger partial charge in [0, 0.05) is 16.3 Å². The summed E-state index contributed by atoms with van der Waals surface area (Å²) in [6.07, 6.45) is 3.81. The Hall–Kier alpha value is -1.20. The van der Waals surface area contributed by atoms with Crippen LogP contribution in [0.5, 0.6) is 0 Å². The molecule has 0 spiro atoms. The first-order valence-electron chi connectivity index (χ1n) is 6.09. The van der Waals surface area contributed by atoms with Crippen molar-refractivity contribution in [1.29, 1.82) is 0 Å². The number of nitrogens with one attached hydrogen (secondary N) is 1. The molecule has 0 aliphatic carbocycles. The van der Waals surface area contributed by atoms with E-state index in [4.69, 9.17) is 12.2 Å². The molecule has 0 radical (unpaired) electrons. The van der Waals surface area contributed by atoms with Crippen LogP contribution in [-0.4, -0.2) is 22.5 Å². The molecule has 1 aromatic heterocycles. The number of carbonyl (C=O) groups excluding carboxylic acids is 1. The van der Waals surface area contributed by atoms with Gasteiger partial charge >= 0.3 is 0 Å². The fourth-order valence-corrected chi connectivity index (χ4v) is 2.98. The highest BCUT2D eigenvalue weighted by Gasteiger charge is 2.29. The van der Waals surface area contributed by atoms with Crippen molar-refractivity contribution >= 4 is 40.7 Å². The zero-order chi connectivity index (χ0) is 13.1. The predicted octanol–water partition coefficient (Wildman–Crippen LogP) is 2.78. The van der Waals surface area contributed by atoms with Crippen LogP contribution in [0.15, 0.2) is 17.8 Å². The van der Waals surface area contributed by atoms with Crippen LogP contribution < -0.4 is 5.32 Å². The SMILES string of the molecule is CCCN1C(=O)/C(=C/c2ccc(CC)s2)NC1=S. The van der Waals surface area contributed by atoms with Crippen molar-refractivity contribution in [2.45, 2.75) is 26.7 Å². The average molecular weight is 280 g/mol. The topological polar surface area (TPSA) is 32.3 Å². The summed E-state index contributed by atoms with van der Waals surface area (Å²) in [7, 11) is 0. The monoisotopic (exact) mass is 280 g/mol. The average Bonchev–Trinajstić information content (AvgIpc) is 2.90. The first-order chi connectivity index (χ1) is 8.65. The number of amides is 1. The predicted molar refractivity (Wildman–Crippen MR) is 79.4 cm³/mol. The van der Waals surface area contributed by atoms with E-state index < -0.39 is 0 Å². The Balaban J connectivity index is 2.19. The molecule has 0 unspecified atom stereocenters. The Morgan fingerprint density at radius 3 is 2.83 bits per heavy atom. The van der Waals surface area contributed by atoms with Crippen molar-refractivity contribution in [1.82, 2.24) is 10.2 Å². The zero-order valence-corrected chi connectivity index (χ0v) is 12.2. The van der Waals surface area contributed by atoms with E-state index in [-0.39, 0.29) is 5.91 Å². The standard InChI is InChI=1S/C13H16N2OS2/c1-3-7-15-12(16)11(14-13(15)17)8-10-6-5-9(4-2)18-10/h5-6,8H,3-4,7H2,1-2H3,(H,14,17)/b11-8-. The van der Waals surface area contributed by atoms with Gasteiger partial charge in [0.2, 0.25) is 0 Å². The summed E-state index contributed by atoms with van der Waals surface area (Å²) in [4.78, 5) is 16.1. The van der Waals surface area contributed by atoms with Crippen molar-refractivity contribution in [2.75, 3.05) is 6.54 Å². The molecule has 0 atom stereocenters. The molecule has 1 amide bonds. The molecule has 1 N–H and O–H groups in total. The summed E-state index contributed by atoms with van der Waals surface area (Å²) in [5.41, 5.74) is 0.581. The van der Waals surface area contributed by atoms with Gasteiger partial charge in [-0.05, 0) is 43.3 Å². The van der Waals surface area contributed by atoms with Crippen LogP contribution in [0.2, 0.25) is 0 Å². The van der Waals surface area contributed by atoms with Crippen LogP contribution in [0.25, 0.3) is 6.08 Å². The number of aryl methyl sites for hydroxylation is 1. The molecule has 1 saturated heterocycles. The minimum Gasteiger partial charge on any atom is -0.328 e. The smallest absolute Gasteiger partial charge is 0.276 e. The van der Waals surface area contributed by atoms with E-state index in [1.165, 1.54) is 4.88 Å². The number of thiophene rings is 1. The number of hydrogen-bond donors (Lipinski definition) is 1. The van der Waals surface area contributed by atoms with E-state index in [2.05, 4.69) is 18.3 Å². The Labute approximate surface area is 116 Å². The van der Waals surface area contributed by atoms with E-state index in [1.54, 1.807) is 16.2 Å². The fourth-order valence-electron chi connectivity index (χ4n) is 1.80. The number of thiocarbonyl (C=S) groups is 1. The molecule has 1 aromatic rings. The van der Waals surface area contributed by atoms with Gasteiger partial charge in [-0.15, -0.1) is 11.3 Å². The fraction of sp³-hybridized carbons (Fsp3) is 0.385. The summed E-state index contributed by atoms with van der Waals surface area (Å²) in [6, 6.07) is 4.13. The molecule has 96 valence electrons. The summed E-state index contributed by atoms with van der Waals surface area (Å²) in [6.45, 7) is 4.83. The largest absolute Gasteiger partial charge is 0.328 e. The molecule has 5 heteroatoms. The Kier molecular flexibility index (Phi) is 4.14. The van der Waals surface area contributed by atoms with Crippen LogP contribution in [0, 0.1) is 0 Å². The normalized spacial score (nSPS) is 17.7. The van der Waals surface area contributed by atoms with Gasteiger partial charge in [0.15, 0.2) is 5.11 Å². The lowest BCUT2D eigenvalue weighted by Crippen LogP contribution is -2.31. The second kappa shape index (κ2) is 5.63. The molecular weight excluding hydrogens is 264 g/mol. The van der Waals surface area contributed by atoms with E-state index in [9.17, 15) is 4.79 Å². The van der Waals surface area contributed by atoms with Crippen LogP contribution in [-0.2, 0) is 11.2 Å². The molecule has 3 nitrogen and oxygen atoms in total. The number of rotatable bonds is 4. The van der Waals surface area contributed by atoms with Gasteiger partial charge in [0.05, 0.1) is 0 Å². The van der Waals surface area contributed by atoms with E-state index >= 15 is 0 Å². The third-order valence-corrected chi connectivity index (χ3v) is 4.23. The zero-order valence-electron chi connectivity index (χ0n) is 10.5. The minimum atomic E-state index is -0.0201. The van der Waals surface area contributed by atoms with E-state index in [0.717, 1.165) is 17.7 Å². The summed E-state index contributed by atoms with van der Waals surface area (Å²) >= 11 is 6.87. The maximum absolute atomic E-state index is 12.1. The number of carbonyl (C=O) groups is 1. The highest BCUT2D eigenvalue weighted by Crippen LogP contribution is 2.21. The quantitative estimate of drug-likeness (QED) is 0.680. The molecule has 0 saturated carbocycles. The number of hydrogen-bond acceptors (Lipinski definition) is 3. The minimum absolute atomic E-state index is 0.0201. The maximum atomic E-state index is 12.1. The Morgan fingerprint density at radius 1 is 1.44 bits per heavy atom. The van der Waals surface area contributed by atoms with Crippen molar-refractivity contribution in [3.63, 3.8) is 0 Å². The molecule has 2 heterocycles. The van der Waals surface area contributed by atoms with Gasteiger partial charge in [-0.25, -0.2) is 0 Å². The van der Waals surface area contributed by atoms with Gasteiger partial charge in [-0.3, -0.25) is 9.69 Å². The van der Waals surface area contributed by atoms with Gasteiger partial charge < -0.3 is 5.32 Å². The third-order valence-electron chi connectivity index (χ3n) is 2.73. The third kappa shape index (κ3) is 2.62. The Morgan fingerprint density at radius 2 is 2.22 bits per heavy atom. The van der Waals surface area contributed by atoms with Crippen molar-refractivity contribution in [2.24, 2.45) is 0 Å². The highest BCUT2D eigenvalue weighted by molar-refractivity contribution is 7.80. The van der Waals surface area contributed by atoms with Crippen molar-refractivity contribution in [3.8, 4) is 0 Å². The van der Waals surface area contributed by atoms with Crippen LogP contribution in [0.3, 0.4) is 0 Å². The summed E-state index contributed by atoms with van der Waals surface area (Å²) in [5, 5.41) is 3.50. The van der Waals surface area contributed by atoms with Gasteiger partial charge in [-0.1, -0.05) is 13.8 Å². The Bertz CT molecular complexity index is 505. The summed E-state index contributed by atoms with van der Waals surface area (Å²) in [5.74, 6) is -0.0201. The van der Waals surface area contributed by atoms with Crippen molar-refractivity contribution in [3.05, 3.63) is 27.6 Å². The lowest BCUT2D eigenvalue weighted by atomic mass is 10.3. The number of nitrogens with zero attached hydrogens (tertiary/aromatic N) is 1. The first kappa shape index (κ1) is 13.2. The lowest BCUT2D eigenvalue weighted by molar-refractivity contribution is -0.122. The van der Waals surface area contributed by atoms with Gasteiger partial charge in [0.25, 0.3) is 5.91 Å². The second-order valence-corrected chi connectivity index (χ2v) is 5.69.